The van der Waals surface area contributed by atoms with Crippen molar-refractivity contribution in [3.63, 3.8) is 0 Å². The Kier molecular flexibility index (Phi) is 4.67. The molecule has 0 spiro atoms. The van der Waals surface area contributed by atoms with Crippen LogP contribution in [0.3, 0.4) is 0 Å². The van der Waals surface area contributed by atoms with Crippen molar-refractivity contribution in [2.24, 2.45) is 0 Å². The van der Waals surface area contributed by atoms with Gasteiger partial charge >= 0.3 is 0 Å². The quantitative estimate of drug-likeness (QED) is 0.541. The Morgan fingerprint density at radius 2 is 2.13 bits per heavy atom. The van der Waals surface area contributed by atoms with Crippen molar-refractivity contribution >= 4 is 44.0 Å². The third-order valence-electron chi connectivity index (χ3n) is 4.89. The number of thiazole rings is 1. The van der Waals surface area contributed by atoms with Crippen molar-refractivity contribution in [3.05, 3.63) is 51.6 Å². The number of halogens is 1. The number of anilines is 2. The molecule has 154 valence electrons. The first-order valence-electron chi connectivity index (χ1n) is 9.55. The van der Waals surface area contributed by atoms with Crippen LogP contribution in [-0.4, -0.2) is 34.6 Å². The molecule has 0 radical (unpaired) electrons. The molecular weight excluding hydrogens is 468 g/mol. The van der Waals surface area contributed by atoms with Crippen molar-refractivity contribution in [1.29, 1.82) is 0 Å². The zero-order valence-corrected chi connectivity index (χ0v) is 18.8. The molecule has 4 heterocycles. The molecule has 2 aromatic heterocycles. The third-order valence-corrected chi connectivity index (χ3v) is 6.45. The van der Waals surface area contributed by atoms with Gasteiger partial charge in [-0.3, -0.25) is 4.79 Å². The highest BCUT2D eigenvalue weighted by molar-refractivity contribution is 9.10. The van der Waals surface area contributed by atoms with Crippen LogP contribution in [0.4, 0.5) is 10.8 Å². The summed E-state index contributed by atoms with van der Waals surface area (Å²) in [6.07, 6.45) is 0.708. The molecule has 7 nitrogen and oxygen atoms in total. The molecule has 0 saturated heterocycles. The van der Waals surface area contributed by atoms with Crippen LogP contribution < -0.4 is 19.7 Å². The second kappa shape index (κ2) is 7.24. The van der Waals surface area contributed by atoms with E-state index in [2.05, 4.69) is 31.1 Å². The van der Waals surface area contributed by atoms with Crippen molar-refractivity contribution in [2.75, 3.05) is 18.1 Å². The number of ether oxygens (including phenoxy) is 2. The molecule has 0 atom stereocenters. The van der Waals surface area contributed by atoms with Gasteiger partial charge < -0.3 is 19.7 Å². The van der Waals surface area contributed by atoms with Gasteiger partial charge in [-0.1, -0.05) is 17.4 Å². The highest BCUT2D eigenvalue weighted by Crippen LogP contribution is 2.42. The molecule has 1 N–H and O–H groups in total. The van der Waals surface area contributed by atoms with Crippen LogP contribution >= 0.6 is 27.3 Å². The molecule has 9 heteroatoms. The minimum Gasteiger partial charge on any atom is -0.490 e. The highest BCUT2D eigenvalue weighted by atomic mass is 79.9. The van der Waals surface area contributed by atoms with Gasteiger partial charge in [0.2, 0.25) is 5.88 Å². The fraction of sp³-hybridized carbons (Fsp3) is 0.286. The second-order valence-electron chi connectivity index (χ2n) is 7.82. The summed E-state index contributed by atoms with van der Waals surface area (Å²) >= 11 is 4.77. The van der Waals surface area contributed by atoms with E-state index in [0.29, 0.717) is 40.7 Å². The Labute approximate surface area is 186 Å². The van der Waals surface area contributed by atoms with Crippen LogP contribution in [0.1, 0.15) is 29.2 Å². The highest BCUT2D eigenvalue weighted by Gasteiger charge is 2.34. The van der Waals surface area contributed by atoms with Gasteiger partial charge in [-0.05, 0) is 48.0 Å². The molecular formula is C21H19BrN4O3S. The average molecular weight is 487 g/mol. The lowest BCUT2D eigenvalue weighted by Crippen LogP contribution is -2.48. The van der Waals surface area contributed by atoms with Gasteiger partial charge in [-0.25, -0.2) is 9.97 Å². The van der Waals surface area contributed by atoms with Gasteiger partial charge in [0.1, 0.15) is 27.6 Å². The number of carbonyl (C=O) groups excluding carboxylic acids is 1. The van der Waals surface area contributed by atoms with E-state index in [9.17, 15) is 4.79 Å². The zero-order chi connectivity index (χ0) is 20.9. The summed E-state index contributed by atoms with van der Waals surface area (Å²) < 4.78 is 12.5. The normalized spacial score (nSPS) is 16.9. The van der Waals surface area contributed by atoms with E-state index in [1.54, 1.807) is 6.07 Å². The summed E-state index contributed by atoms with van der Waals surface area (Å²) in [5.41, 5.74) is 1.41. The molecule has 2 aliphatic rings. The number of nitrogens with zero attached hydrogens (tertiary/aromatic N) is 3. The largest absolute Gasteiger partial charge is 0.490 e. The molecule has 1 aromatic carbocycles. The predicted molar refractivity (Wildman–Crippen MR) is 118 cm³/mol. The van der Waals surface area contributed by atoms with Crippen molar-refractivity contribution in [1.82, 2.24) is 15.3 Å². The maximum absolute atomic E-state index is 12.5. The fourth-order valence-corrected chi connectivity index (χ4v) is 4.95. The van der Waals surface area contributed by atoms with E-state index in [1.165, 1.54) is 11.3 Å². The molecule has 0 fully saturated rings. The molecule has 3 aromatic rings. The van der Waals surface area contributed by atoms with Gasteiger partial charge in [-0.15, -0.1) is 0 Å². The molecule has 5 rings (SSSR count). The van der Waals surface area contributed by atoms with Crippen LogP contribution in [0.2, 0.25) is 0 Å². The van der Waals surface area contributed by atoms with Crippen molar-refractivity contribution in [2.45, 2.75) is 25.8 Å². The predicted octanol–water partition coefficient (Wildman–Crippen LogP) is 4.69. The molecule has 2 aliphatic heterocycles. The smallest absolute Gasteiger partial charge is 0.263 e. The molecule has 0 unspecified atom stereocenters. The fourth-order valence-electron chi connectivity index (χ4n) is 3.61. The summed E-state index contributed by atoms with van der Waals surface area (Å²) in [7, 11) is 0. The first-order valence-corrected chi connectivity index (χ1v) is 11.2. The topological polar surface area (TPSA) is 76.6 Å². The van der Waals surface area contributed by atoms with E-state index >= 15 is 0 Å². The van der Waals surface area contributed by atoms with Crippen LogP contribution in [0.15, 0.2) is 41.0 Å². The van der Waals surface area contributed by atoms with Crippen molar-refractivity contribution < 1.29 is 14.3 Å². The maximum Gasteiger partial charge on any atom is 0.263 e. The number of pyridine rings is 1. The summed E-state index contributed by atoms with van der Waals surface area (Å²) in [5, 5.41) is 3.83. The summed E-state index contributed by atoms with van der Waals surface area (Å²) in [4.78, 5) is 24.4. The number of fused-ring (bicyclic) bond motifs is 2. The van der Waals surface area contributed by atoms with Gasteiger partial charge in [0.05, 0.1) is 17.9 Å². The minimum absolute atomic E-state index is 0.0590. The van der Waals surface area contributed by atoms with E-state index in [4.69, 9.17) is 14.5 Å². The van der Waals surface area contributed by atoms with Gasteiger partial charge in [0, 0.05) is 24.1 Å². The van der Waals surface area contributed by atoms with E-state index in [1.807, 2.05) is 44.2 Å². The Morgan fingerprint density at radius 3 is 2.97 bits per heavy atom. The molecule has 0 saturated carbocycles. The Balaban J connectivity index is 1.49. The Bertz CT molecular complexity index is 1150. The molecule has 0 bridgehead atoms. The Hall–Kier alpha value is -2.65. The van der Waals surface area contributed by atoms with Gasteiger partial charge in [-0.2, -0.15) is 0 Å². The number of hydrogen-bond acceptors (Lipinski definition) is 7. The minimum atomic E-state index is -0.295. The number of hydrogen-bond donors (Lipinski definition) is 1. The lowest BCUT2D eigenvalue weighted by molar-refractivity contribution is 0.0901. The maximum atomic E-state index is 12.5. The molecule has 1 amide bonds. The zero-order valence-electron chi connectivity index (χ0n) is 16.4. The molecule has 0 aliphatic carbocycles. The first-order chi connectivity index (χ1) is 14.4. The first kappa shape index (κ1) is 19.3. The van der Waals surface area contributed by atoms with Crippen LogP contribution in [0.25, 0.3) is 0 Å². The van der Waals surface area contributed by atoms with E-state index in [-0.39, 0.29) is 11.4 Å². The summed E-state index contributed by atoms with van der Waals surface area (Å²) in [5.74, 6) is 1.84. The Morgan fingerprint density at radius 1 is 1.27 bits per heavy atom. The van der Waals surface area contributed by atoms with Gasteiger partial charge in [0.25, 0.3) is 5.91 Å². The standard InChI is InChI=1S/C21H19BrN4O3S/c1-21(2)11-13-18(19(27)25-21)30-20(23-13)26-8-9-28-15-7-6-12(10-14(15)26)29-17-5-3-4-16(22)24-17/h3-7,10H,8-9,11H2,1-2H3,(H,25,27). The number of carbonyl (C=O) groups is 1. The van der Waals surface area contributed by atoms with Crippen molar-refractivity contribution in [3.8, 4) is 17.4 Å². The number of nitrogens with one attached hydrogen (secondary N) is 1. The molecule has 30 heavy (non-hydrogen) atoms. The summed E-state index contributed by atoms with van der Waals surface area (Å²) in [6.45, 7) is 5.21. The lowest BCUT2D eigenvalue weighted by atomic mass is 9.94. The number of amides is 1. The lowest BCUT2D eigenvalue weighted by Gasteiger charge is -2.29. The van der Waals surface area contributed by atoms with E-state index < -0.39 is 0 Å². The number of aromatic nitrogens is 2. The monoisotopic (exact) mass is 486 g/mol. The van der Waals surface area contributed by atoms with Gasteiger partial charge in [0.15, 0.2) is 5.13 Å². The number of benzene rings is 1. The van der Waals surface area contributed by atoms with Crippen LogP contribution in [0, 0.1) is 0 Å². The van der Waals surface area contributed by atoms with Crippen LogP contribution in [-0.2, 0) is 6.42 Å². The third kappa shape index (κ3) is 3.63. The number of rotatable bonds is 3. The average Bonchev–Trinajstić information content (AvgIpc) is 3.10. The van der Waals surface area contributed by atoms with Crippen LogP contribution in [0.5, 0.6) is 17.4 Å². The summed E-state index contributed by atoms with van der Waals surface area (Å²) in [6, 6.07) is 11.2. The SMILES string of the molecule is CC1(C)Cc2nc(N3CCOc4ccc(Oc5cccc(Br)n5)cc43)sc2C(=O)N1. The van der Waals surface area contributed by atoms with E-state index in [0.717, 1.165) is 22.3 Å². The second-order valence-corrected chi connectivity index (χ2v) is 9.61.